The second-order valence-electron chi connectivity index (χ2n) is 9.62. The zero-order chi connectivity index (χ0) is 23.7. The van der Waals surface area contributed by atoms with Gasteiger partial charge in [-0.1, -0.05) is 68.7 Å². The van der Waals surface area contributed by atoms with E-state index in [-0.39, 0.29) is 5.60 Å². The van der Waals surface area contributed by atoms with Gasteiger partial charge in [0.2, 0.25) is 0 Å². The van der Waals surface area contributed by atoms with Crippen molar-refractivity contribution in [3.63, 3.8) is 0 Å². The van der Waals surface area contributed by atoms with Crippen LogP contribution in [-0.4, -0.2) is 39.6 Å². The first-order valence-electron chi connectivity index (χ1n) is 10.5. The number of methoxy groups -OCH3 is 3. The summed E-state index contributed by atoms with van der Waals surface area (Å²) in [5.74, 6) is 0.833. The molecule has 0 rings (SSSR count). The lowest BCUT2D eigenvalue weighted by atomic mass is 10.0. The Morgan fingerprint density at radius 2 is 0.778 bits per heavy atom. The van der Waals surface area contributed by atoms with Gasteiger partial charge in [-0.15, -0.1) is 0 Å². The van der Waals surface area contributed by atoms with E-state index in [9.17, 15) is 0 Å². The van der Waals surface area contributed by atoms with Crippen molar-refractivity contribution in [1.82, 2.24) is 0 Å². The third-order valence-electron chi connectivity index (χ3n) is 1.37. The molecule has 0 saturated heterocycles. The van der Waals surface area contributed by atoms with E-state index in [4.69, 9.17) is 9.47 Å². The van der Waals surface area contributed by atoms with Gasteiger partial charge in [0, 0.05) is 27.9 Å². The maximum Gasteiger partial charge on any atom is 0.0594 e. The summed E-state index contributed by atoms with van der Waals surface area (Å²) in [6.07, 6.45) is 1.63. The molecule has 0 aromatic carbocycles. The molecule has 0 saturated carbocycles. The fourth-order valence-corrected chi connectivity index (χ4v) is 0. The second kappa shape index (κ2) is 30.6. The molecule has 0 amide bonds. The number of rotatable bonds is 2. The molecular weight excluding hydrogens is 336 g/mol. The van der Waals surface area contributed by atoms with Crippen LogP contribution in [0.4, 0.5) is 0 Å². The highest BCUT2D eigenvalue weighted by Gasteiger charge is 2.04. The Hall–Kier alpha value is -0.120. The van der Waals surface area contributed by atoms with E-state index in [2.05, 4.69) is 67.1 Å². The summed E-state index contributed by atoms with van der Waals surface area (Å²) in [4.78, 5) is 0. The molecule has 0 bridgehead atoms. The van der Waals surface area contributed by atoms with E-state index in [0.29, 0.717) is 11.5 Å². The largest absolute Gasteiger partial charge is 0.385 e. The third-order valence-corrected chi connectivity index (χ3v) is 1.37. The molecule has 0 aliphatic heterocycles. The van der Waals surface area contributed by atoms with Crippen LogP contribution in [0.2, 0.25) is 0 Å². The SMILES string of the molecule is CC(C)(C)C.CC(C)C.CCC.CCOC.COC(C)(C)C.COC(C)C. The Bertz CT molecular complexity index is 188. The van der Waals surface area contributed by atoms with Crippen molar-refractivity contribution in [1.29, 1.82) is 0 Å². The molecule has 27 heavy (non-hydrogen) atoms. The van der Waals surface area contributed by atoms with Crippen molar-refractivity contribution in [3.8, 4) is 0 Å². The molecule has 0 aliphatic rings. The van der Waals surface area contributed by atoms with E-state index in [1.165, 1.54) is 6.42 Å². The Kier molecular flexibility index (Phi) is 46.8. The van der Waals surface area contributed by atoms with Crippen LogP contribution in [0.3, 0.4) is 0 Å². The van der Waals surface area contributed by atoms with E-state index in [0.717, 1.165) is 12.5 Å². The van der Waals surface area contributed by atoms with Gasteiger partial charge in [-0.3, -0.25) is 0 Å². The fourth-order valence-electron chi connectivity index (χ4n) is 0. The van der Waals surface area contributed by atoms with Crippen LogP contribution in [-0.2, 0) is 14.2 Å². The zero-order valence-corrected chi connectivity index (χ0v) is 22.8. The number of ether oxygens (including phenoxy) is 3. The standard InChI is InChI=1S/C5H12O.C5H12.C4H10O.C4H10.C3H8O.C3H8/c1-5(2,3)6-4;1-5(2,3)4;1-4(2)5-3;1-4(2)3;1-3-4-2;1-3-2/h1-4H3;1-4H3;4H,1-3H3;4H,1-3H3;3H2,1-2H3;3H2,1-2H3. The number of hydrogen-bond donors (Lipinski definition) is 0. The Morgan fingerprint density at radius 1 is 0.667 bits per heavy atom. The van der Waals surface area contributed by atoms with Crippen molar-refractivity contribution >= 4 is 0 Å². The van der Waals surface area contributed by atoms with Crippen LogP contribution in [0.15, 0.2) is 0 Å². The topological polar surface area (TPSA) is 27.7 Å². The molecule has 0 heterocycles. The molecule has 3 heteroatoms. The molecule has 0 N–H and O–H groups in total. The minimum atomic E-state index is 0.0417. The van der Waals surface area contributed by atoms with Crippen LogP contribution in [0.5, 0.6) is 0 Å². The highest BCUT2D eigenvalue weighted by Crippen LogP contribution is 2.08. The summed E-state index contributed by atoms with van der Waals surface area (Å²) >= 11 is 0. The monoisotopic (exact) mass is 396 g/mol. The van der Waals surface area contributed by atoms with Gasteiger partial charge in [0.25, 0.3) is 0 Å². The summed E-state index contributed by atoms with van der Waals surface area (Å²) in [5, 5.41) is 0. The van der Waals surface area contributed by atoms with Crippen LogP contribution in [0.1, 0.15) is 110 Å². The second-order valence-corrected chi connectivity index (χ2v) is 9.62. The lowest BCUT2D eigenvalue weighted by molar-refractivity contribution is 0.0397. The van der Waals surface area contributed by atoms with Crippen LogP contribution in [0.25, 0.3) is 0 Å². The van der Waals surface area contributed by atoms with Crippen LogP contribution in [0, 0.1) is 11.3 Å². The van der Waals surface area contributed by atoms with Crippen molar-refractivity contribution in [2.45, 2.75) is 122 Å². The van der Waals surface area contributed by atoms with Crippen LogP contribution < -0.4 is 0 Å². The summed E-state index contributed by atoms with van der Waals surface area (Å²) in [6, 6.07) is 0. The Labute approximate surface area is 176 Å². The van der Waals surface area contributed by atoms with Crippen molar-refractivity contribution in [3.05, 3.63) is 0 Å². The minimum Gasteiger partial charge on any atom is -0.385 e. The van der Waals surface area contributed by atoms with Crippen molar-refractivity contribution < 1.29 is 14.2 Å². The lowest BCUT2D eigenvalue weighted by Crippen LogP contribution is -2.15. The highest BCUT2D eigenvalue weighted by atomic mass is 16.5. The predicted molar refractivity (Wildman–Crippen MR) is 128 cm³/mol. The highest BCUT2D eigenvalue weighted by molar-refractivity contribution is 4.55. The van der Waals surface area contributed by atoms with E-state index in [1.54, 1.807) is 21.3 Å². The van der Waals surface area contributed by atoms with Gasteiger partial charge >= 0.3 is 0 Å². The molecule has 0 unspecified atom stereocenters. The molecule has 0 atom stereocenters. The van der Waals surface area contributed by atoms with Gasteiger partial charge in [-0.05, 0) is 52.9 Å². The molecule has 0 radical (unpaired) electrons. The Morgan fingerprint density at radius 3 is 0.778 bits per heavy atom. The van der Waals surface area contributed by atoms with Gasteiger partial charge in [0.15, 0.2) is 0 Å². The third kappa shape index (κ3) is 427. The molecule has 0 spiro atoms. The molecule has 0 aromatic rings. The predicted octanol–water partition coefficient (Wildman–Crippen LogP) is 8.26. The normalized spacial score (nSPS) is 9.78. The quantitative estimate of drug-likeness (QED) is 0.470. The van der Waals surface area contributed by atoms with Gasteiger partial charge in [0.05, 0.1) is 11.7 Å². The first-order valence-corrected chi connectivity index (χ1v) is 10.5. The van der Waals surface area contributed by atoms with Gasteiger partial charge in [-0.25, -0.2) is 0 Å². The fraction of sp³-hybridized carbons (Fsp3) is 1.00. The van der Waals surface area contributed by atoms with Crippen molar-refractivity contribution in [2.24, 2.45) is 11.3 Å². The number of hydrogen-bond acceptors (Lipinski definition) is 3. The smallest absolute Gasteiger partial charge is 0.0594 e. The van der Waals surface area contributed by atoms with Crippen LogP contribution >= 0.6 is 0 Å². The maximum absolute atomic E-state index is 4.94. The average Bonchev–Trinajstić information content (AvgIpc) is 2.46. The summed E-state index contributed by atoms with van der Waals surface area (Å²) in [5.41, 5.74) is 0.542. The summed E-state index contributed by atoms with van der Waals surface area (Å²) < 4.78 is 14.2. The van der Waals surface area contributed by atoms with Gasteiger partial charge in [0.1, 0.15) is 0 Å². The zero-order valence-electron chi connectivity index (χ0n) is 22.8. The van der Waals surface area contributed by atoms with E-state index in [1.807, 2.05) is 41.5 Å². The summed E-state index contributed by atoms with van der Waals surface area (Å²) in [6.45, 7) is 32.3. The lowest BCUT2D eigenvalue weighted by Gasteiger charge is -2.14. The maximum atomic E-state index is 4.94. The van der Waals surface area contributed by atoms with E-state index >= 15 is 0 Å². The first kappa shape index (κ1) is 41.3. The molecule has 0 fully saturated rings. The van der Waals surface area contributed by atoms with Gasteiger partial charge < -0.3 is 14.2 Å². The molecule has 0 aliphatic carbocycles. The average molecular weight is 397 g/mol. The van der Waals surface area contributed by atoms with Gasteiger partial charge in [-0.2, -0.15) is 0 Å². The molecular formula is C24H60O3. The minimum absolute atomic E-state index is 0.0417. The summed E-state index contributed by atoms with van der Waals surface area (Å²) in [7, 11) is 5.09. The Balaban J connectivity index is -0.0000000497. The molecule has 3 nitrogen and oxygen atoms in total. The first-order chi connectivity index (χ1) is 11.9. The molecule has 0 aromatic heterocycles. The van der Waals surface area contributed by atoms with Crippen molar-refractivity contribution in [2.75, 3.05) is 27.9 Å². The molecule has 174 valence electrons. The van der Waals surface area contributed by atoms with E-state index < -0.39 is 0 Å².